The number of hydrogen-bond acceptors (Lipinski definition) is 5. The van der Waals surface area contributed by atoms with Crippen LogP contribution in [0.15, 0.2) is 63.6 Å². The number of nitrogens with one attached hydrogen (secondary N) is 1. The van der Waals surface area contributed by atoms with Crippen LogP contribution in [0.2, 0.25) is 5.02 Å². The topological polar surface area (TPSA) is 81.7 Å². The van der Waals surface area contributed by atoms with Crippen molar-refractivity contribution in [2.75, 3.05) is 0 Å². The van der Waals surface area contributed by atoms with Crippen molar-refractivity contribution in [3.63, 3.8) is 0 Å². The highest BCUT2D eigenvalue weighted by atomic mass is 35.5. The molecule has 2 aromatic heterocycles. The van der Waals surface area contributed by atoms with E-state index < -0.39 is 5.60 Å². The van der Waals surface area contributed by atoms with Crippen LogP contribution >= 0.6 is 11.6 Å². The van der Waals surface area contributed by atoms with Crippen molar-refractivity contribution >= 4 is 34.3 Å². The van der Waals surface area contributed by atoms with Crippen molar-refractivity contribution in [2.24, 2.45) is 0 Å². The van der Waals surface area contributed by atoms with Crippen LogP contribution in [0.4, 0.5) is 0 Å². The molecule has 2 aromatic carbocycles. The largest absolute Gasteiger partial charge is 0.482 e. The summed E-state index contributed by atoms with van der Waals surface area (Å²) in [6, 6.07) is 14.3. The third-order valence-corrected chi connectivity index (χ3v) is 6.08. The predicted octanol–water partition coefficient (Wildman–Crippen LogP) is 5.80. The molecule has 0 radical (unpaired) electrons. The van der Waals surface area contributed by atoms with Gasteiger partial charge in [0.2, 0.25) is 0 Å². The summed E-state index contributed by atoms with van der Waals surface area (Å²) in [6.07, 6.45) is 1.70. The number of fused-ring (bicyclic) bond motifs is 3. The van der Waals surface area contributed by atoms with Gasteiger partial charge in [-0.2, -0.15) is 0 Å². The summed E-state index contributed by atoms with van der Waals surface area (Å²) in [4.78, 5) is 26.0. The molecule has 1 amide bonds. The van der Waals surface area contributed by atoms with E-state index in [1.165, 1.54) is 0 Å². The number of furan rings is 2. The van der Waals surface area contributed by atoms with Crippen molar-refractivity contribution in [2.45, 2.75) is 32.4 Å². The molecule has 0 saturated carbocycles. The Bertz CT molecular complexity index is 1340. The molecule has 3 heterocycles. The standard InChI is InChI=1S/C25H20ClNO5/c1-14-21-19(31-23(14)24(29)27-13-17-4-3-11-30-17)9-10-20-22(21)18(28)12-25(2,32-20)15-5-7-16(26)8-6-15/h3-11H,12-13H2,1-2H3,(H,27,29)/t25-/m0/s1. The molecule has 0 unspecified atom stereocenters. The molecule has 0 bridgehead atoms. The molecular weight excluding hydrogens is 430 g/mol. The van der Waals surface area contributed by atoms with Crippen molar-refractivity contribution in [1.82, 2.24) is 5.32 Å². The normalized spacial score (nSPS) is 17.8. The second-order valence-corrected chi connectivity index (χ2v) is 8.51. The second kappa shape index (κ2) is 7.57. The van der Waals surface area contributed by atoms with Crippen molar-refractivity contribution < 1.29 is 23.2 Å². The SMILES string of the molecule is Cc1c(C(=O)NCc2ccco2)oc2ccc3c(c12)C(=O)C[C@@](C)(c1ccc(Cl)cc1)O3. The van der Waals surface area contributed by atoms with E-state index in [2.05, 4.69) is 5.32 Å². The fourth-order valence-corrected chi connectivity index (χ4v) is 4.32. The minimum atomic E-state index is -0.816. The molecule has 4 aromatic rings. The van der Waals surface area contributed by atoms with Gasteiger partial charge in [0, 0.05) is 16.0 Å². The Morgan fingerprint density at radius 2 is 1.94 bits per heavy atom. The summed E-state index contributed by atoms with van der Waals surface area (Å²) in [5, 5.41) is 4.00. The average Bonchev–Trinajstić information content (AvgIpc) is 3.40. The van der Waals surface area contributed by atoms with Crippen LogP contribution in [0.25, 0.3) is 11.0 Å². The lowest BCUT2D eigenvalue weighted by Crippen LogP contribution is -2.36. The maximum absolute atomic E-state index is 13.3. The maximum atomic E-state index is 13.3. The van der Waals surface area contributed by atoms with Crippen LogP contribution in [-0.4, -0.2) is 11.7 Å². The third-order valence-electron chi connectivity index (χ3n) is 5.83. The first kappa shape index (κ1) is 20.4. The van der Waals surface area contributed by atoms with E-state index in [1.807, 2.05) is 19.1 Å². The molecule has 0 fully saturated rings. The molecule has 1 aliphatic heterocycles. The summed E-state index contributed by atoms with van der Waals surface area (Å²) in [6.45, 7) is 3.90. The van der Waals surface area contributed by atoms with Gasteiger partial charge in [-0.05, 0) is 55.8 Å². The molecule has 0 saturated heterocycles. The van der Waals surface area contributed by atoms with Gasteiger partial charge >= 0.3 is 0 Å². The van der Waals surface area contributed by atoms with Crippen LogP contribution in [0.1, 0.15) is 51.1 Å². The van der Waals surface area contributed by atoms with E-state index in [-0.39, 0.29) is 30.4 Å². The van der Waals surface area contributed by atoms with Crippen LogP contribution in [0, 0.1) is 6.92 Å². The van der Waals surface area contributed by atoms with Crippen molar-refractivity contribution in [3.8, 4) is 5.75 Å². The number of aryl methyl sites for hydroxylation is 1. The monoisotopic (exact) mass is 449 g/mol. The Hall–Kier alpha value is -3.51. The molecular formula is C25H20ClNO5. The number of Topliss-reactive ketones (excluding diaryl/α,β-unsaturated/α-hetero) is 1. The number of benzene rings is 2. The number of carbonyl (C=O) groups excluding carboxylic acids is 2. The minimum absolute atomic E-state index is 0.0688. The van der Waals surface area contributed by atoms with Crippen LogP contribution < -0.4 is 10.1 Å². The lowest BCUT2D eigenvalue weighted by atomic mass is 9.84. The van der Waals surface area contributed by atoms with Crippen LogP contribution in [0.5, 0.6) is 5.75 Å². The molecule has 1 atom stereocenters. The quantitative estimate of drug-likeness (QED) is 0.426. The van der Waals surface area contributed by atoms with E-state index in [4.69, 9.17) is 25.2 Å². The third kappa shape index (κ3) is 3.37. The van der Waals surface area contributed by atoms with E-state index in [1.54, 1.807) is 49.6 Å². The zero-order valence-corrected chi connectivity index (χ0v) is 18.3. The molecule has 0 spiro atoms. The van der Waals surface area contributed by atoms with Gasteiger partial charge in [-0.3, -0.25) is 9.59 Å². The molecule has 162 valence electrons. The Labute approximate surface area is 189 Å². The first-order chi connectivity index (χ1) is 15.4. The van der Waals surface area contributed by atoms with Crippen molar-refractivity contribution in [3.05, 3.63) is 88.0 Å². The molecule has 7 heteroatoms. The number of hydrogen-bond donors (Lipinski definition) is 1. The van der Waals surface area contributed by atoms with E-state index >= 15 is 0 Å². The van der Waals surface area contributed by atoms with Gasteiger partial charge in [0.15, 0.2) is 11.5 Å². The minimum Gasteiger partial charge on any atom is -0.482 e. The lowest BCUT2D eigenvalue weighted by molar-refractivity contribution is 0.0507. The van der Waals surface area contributed by atoms with Crippen molar-refractivity contribution in [1.29, 1.82) is 0 Å². The van der Waals surface area contributed by atoms with Gasteiger partial charge in [0.25, 0.3) is 5.91 Å². The van der Waals surface area contributed by atoms with Gasteiger partial charge in [0.1, 0.15) is 22.7 Å². The van der Waals surface area contributed by atoms with E-state index in [9.17, 15) is 9.59 Å². The summed E-state index contributed by atoms with van der Waals surface area (Å²) in [5.74, 6) is 0.825. The second-order valence-electron chi connectivity index (χ2n) is 8.07. The maximum Gasteiger partial charge on any atom is 0.287 e. The highest BCUT2D eigenvalue weighted by molar-refractivity contribution is 6.30. The molecule has 0 aliphatic carbocycles. The number of amides is 1. The summed E-state index contributed by atoms with van der Waals surface area (Å²) in [5.41, 5.74) is 1.56. The molecule has 1 aliphatic rings. The smallest absolute Gasteiger partial charge is 0.287 e. The molecule has 1 N–H and O–H groups in total. The number of carbonyl (C=O) groups is 2. The Morgan fingerprint density at radius 1 is 1.16 bits per heavy atom. The first-order valence-electron chi connectivity index (χ1n) is 10.2. The average molecular weight is 450 g/mol. The lowest BCUT2D eigenvalue weighted by Gasteiger charge is -2.35. The zero-order chi connectivity index (χ0) is 22.5. The zero-order valence-electron chi connectivity index (χ0n) is 17.5. The number of ether oxygens (including phenoxy) is 1. The summed E-state index contributed by atoms with van der Waals surface area (Å²) < 4.78 is 17.4. The Balaban J connectivity index is 1.51. The van der Waals surface area contributed by atoms with Gasteiger partial charge in [-0.25, -0.2) is 0 Å². The van der Waals surface area contributed by atoms with Gasteiger partial charge in [-0.15, -0.1) is 0 Å². The van der Waals surface area contributed by atoms with E-state index in [0.717, 1.165) is 5.56 Å². The fourth-order valence-electron chi connectivity index (χ4n) is 4.20. The van der Waals surface area contributed by atoms with E-state index in [0.29, 0.717) is 38.6 Å². The van der Waals surface area contributed by atoms with Crippen LogP contribution in [-0.2, 0) is 12.1 Å². The van der Waals surface area contributed by atoms with Gasteiger partial charge in [-0.1, -0.05) is 23.7 Å². The highest BCUT2D eigenvalue weighted by Crippen LogP contribution is 2.44. The van der Waals surface area contributed by atoms with Gasteiger partial charge < -0.3 is 18.9 Å². The summed E-state index contributed by atoms with van der Waals surface area (Å²) in [7, 11) is 0. The summed E-state index contributed by atoms with van der Waals surface area (Å²) >= 11 is 6.01. The highest BCUT2D eigenvalue weighted by Gasteiger charge is 2.40. The molecule has 5 rings (SSSR count). The number of ketones is 1. The predicted molar refractivity (Wildman–Crippen MR) is 119 cm³/mol. The molecule has 32 heavy (non-hydrogen) atoms. The first-order valence-corrected chi connectivity index (χ1v) is 10.6. The fraction of sp³-hybridized carbons (Fsp3) is 0.200. The van der Waals surface area contributed by atoms with Crippen LogP contribution in [0.3, 0.4) is 0 Å². The molecule has 6 nitrogen and oxygen atoms in total. The Morgan fingerprint density at radius 3 is 2.66 bits per heavy atom. The number of rotatable bonds is 4. The van der Waals surface area contributed by atoms with Gasteiger partial charge in [0.05, 0.1) is 24.8 Å². The number of halogens is 1. The Kier molecular flexibility index (Phi) is 4.82.